The fourth-order valence-corrected chi connectivity index (χ4v) is 2.51. The Labute approximate surface area is 123 Å². The topological polar surface area (TPSA) is 50.9 Å². The van der Waals surface area contributed by atoms with Crippen LogP contribution in [0.3, 0.4) is 0 Å². The predicted octanol–water partition coefficient (Wildman–Crippen LogP) is 2.41. The lowest BCUT2D eigenvalue weighted by Crippen LogP contribution is -2.34. The molecule has 0 fully saturated rings. The van der Waals surface area contributed by atoms with Gasteiger partial charge in [-0.25, -0.2) is 9.67 Å². The van der Waals surface area contributed by atoms with Crippen LogP contribution < -0.4 is 0 Å². The third-order valence-electron chi connectivity index (χ3n) is 3.54. The molecule has 4 nitrogen and oxygen atoms in total. The fourth-order valence-electron chi connectivity index (χ4n) is 2.51. The van der Waals surface area contributed by atoms with Gasteiger partial charge >= 0.3 is 0 Å². The Bertz CT molecular complexity index is 668. The average Bonchev–Trinajstić information content (AvgIpc) is 3.02. The molecule has 0 radical (unpaired) electrons. The van der Waals surface area contributed by atoms with Crippen LogP contribution in [0.2, 0.25) is 0 Å². The monoisotopic (exact) mass is 279 g/mol. The van der Waals surface area contributed by atoms with Crippen LogP contribution in [0.4, 0.5) is 0 Å². The largest absolute Gasteiger partial charge is 0.383 e. The van der Waals surface area contributed by atoms with Crippen LogP contribution in [0.5, 0.6) is 0 Å². The van der Waals surface area contributed by atoms with Crippen molar-refractivity contribution in [3.05, 3.63) is 84.4 Å². The molecule has 1 atom stereocenters. The van der Waals surface area contributed by atoms with Gasteiger partial charge in [-0.1, -0.05) is 60.7 Å². The maximum absolute atomic E-state index is 11.2. The lowest BCUT2D eigenvalue weighted by Gasteiger charge is -2.28. The molecular weight excluding hydrogens is 262 g/mol. The van der Waals surface area contributed by atoms with Gasteiger partial charge in [-0.05, 0) is 11.1 Å². The SMILES string of the molecule is O[C@](Cc1ccccc1)(Cn1cncn1)c1ccccc1. The summed E-state index contributed by atoms with van der Waals surface area (Å²) in [6.07, 6.45) is 3.63. The lowest BCUT2D eigenvalue weighted by molar-refractivity contribution is 0.0151. The van der Waals surface area contributed by atoms with Gasteiger partial charge in [0.05, 0.1) is 6.54 Å². The van der Waals surface area contributed by atoms with Crippen molar-refractivity contribution in [3.8, 4) is 0 Å². The van der Waals surface area contributed by atoms with Gasteiger partial charge in [0.2, 0.25) is 0 Å². The Kier molecular flexibility index (Phi) is 3.79. The van der Waals surface area contributed by atoms with Gasteiger partial charge in [-0.2, -0.15) is 5.10 Å². The van der Waals surface area contributed by atoms with Crippen molar-refractivity contribution in [1.29, 1.82) is 0 Å². The minimum Gasteiger partial charge on any atom is -0.383 e. The second kappa shape index (κ2) is 5.89. The van der Waals surface area contributed by atoms with E-state index in [4.69, 9.17) is 0 Å². The number of hydrogen-bond donors (Lipinski definition) is 1. The summed E-state index contributed by atoms with van der Waals surface area (Å²) in [5.74, 6) is 0. The van der Waals surface area contributed by atoms with E-state index in [0.717, 1.165) is 11.1 Å². The average molecular weight is 279 g/mol. The number of hydrogen-bond acceptors (Lipinski definition) is 3. The van der Waals surface area contributed by atoms with E-state index in [2.05, 4.69) is 10.1 Å². The van der Waals surface area contributed by atoms with Crippen molar-refractivity contribution in [2.45, 2.75) is 18.6 Å². The highest BCUT2D eigenvalue weighted by atomic mass is 16.3. The van der Waals surface area contributed by atoms with Crippen LogP contribution >= 0.6 is 0 Å². The molecule has 1 aromatic heterocycles. The molecule has 0 unspecified atom stereocenters. The molecule has 4 heteroatoms. The van der Waals surface area contributed by atoms with Crippen molar-refractivity contribution >= 4 is 0 Å². The van der Waals surface area contributed by atoms with Gasteiger partial charge in [0.25, 0.3) is 0 Å². The molecule has 3 aromatic rings. The fraction of sp³-hybridized carbons (Fsp3) is 0.176. The normalized spacial score (nSPS) is 13.8. The van der Waals surface area contributed by atoms with Crippen LogP contribution in [0, 0.1) is 0 Å². The predicted molar refractivity (Wildman–Crippen MR) is 80.5 cm³/mol. The molecule has 1 heterocycles. The van der Waals surface area contributed by atoms with Crippen LogP contribution in [-0.4, -0.2) is 19.9 Å². The zero-order chi connectivity index (χ0) is 14.5. The molecule has 3 rings (SSSR count). The van der Waals surface area contributed by atoms with Gasteiger partial charge < -0.3 is 5.11 Å². The van der Waals surface area contributed by atoms with Crippen LogP contribution in [0.1, 0.15) is 11.1 Å². The van der Waals surface area contributed by atoms with E-state index in [1.54, 1.807) is 11.0 Å². The second-order valence-electron chi connectivity index (χ2n) is 5.15. The maximum Gasteiger partial charge on any atom is 0.137 e. The first-order valence-corrected chi connectivity index (χ1v) is 6.90. The lowest BCUT2D eigenvalue weighted by atomic mass is 9.87. The first-order chi connectivity index (χ1) is 10.3. The van der Waals surface area contributed by atoms with Crippen molar-refractivity contribution in [2.75, 3.05) is 0 Å². The highest BCUT2D eigenvalue weighted by molar-refractivity contribution is 5.26. The van der Waals surface area contributed by atoms with Crippen molar-refractivity contribution in [3.63, 3.8) is 0 Å². The Morgan fingerprint density at radius 2 is 1.62 bits per heavy atom. The van der Waals surface area contributed by atoms with Gasteiger partial charge in [0.1, 0.15) is 18.3 Å². The molecule has 0 saturated carbocycles. The van der Waals surface area contributed by atoms with Gasteiger partial charge in [0, 0.05) is 6.42 Å². The van der Waals surface area contributed by atoms with Gasteiger partial charge in [-0.3, -0.25) is 0 Å². The van der Waals surface area contributed by atoms with E-state index in [1.165, 1.54) is 6.33 Å². The number of nitrogens with zero attached hydrogens (tertiary/aromatic N) is 3. The van der Waals surface area contributed by atoms with Crippen LogP contribution in [0.25, 0.3) is 0 Å². The molecule has 0 bridgehead atoms. The molecule has 0 saturated heterocycles. The summed E-state index contributed by atoms with van der Waals surface area (Å²) in [4.78, 5) is 3.95. The minimum absolute atomic E-state index is 0.367. The number of aliphatic hydroxyl groups is 1. The summed E-state index contributed by atoms with van der Waals surface area (Å²) in [7, 11) is 0. The van der Waals surface area contributed by atoms with Crippen molar-refractivity contribution in [2.24, 2.45) is 0 Å². The second-order valence-corrected chi connectivity index (χ2v) is 5.15. The molecule has 0 aliphatic heterocycles. The molecule has 21 heavy (non-hydrogen) atoms. The molecule has 106 valence electrons. The van der Waals surface area contributed by atoms with Crippen molar-refractivity contribution in [1.82, 2.24) is 14.8 Å². The summed E-state index contributed by atoms with van der Waals surface area (Å²) >= 11 is 0. The molecule has 1 N–H and O–H groups in total. The van der Waals surface area contributed by atoms with Gasteiger partial charge in [-0.15, -0.1) is 0 Å². The van der Waals surface area contributed by atoms with E-state index < -0.39 is 5.60 Å². The molecule has 0 spiro atoms. The zero-order valence-corrected chi connectivity index (χ0v) is 11.6. The third-order valence-corrected chi connectivity index (χ3v) is 3.54. The number of rotatable bonds is 5. The van der Waals surface area contributed by atoms with E-state index in [-0.39, 0.29) is 0 Å². The molecule has 0 amide bonds. The summed E-state index contributed by atoms with van der Waals surface area (Å²) < 4.78 is 1.66. The maximum atomic E-state index is 11.2. The molecule has 0 aliphatic rings. The van der Waals surface area contributed by atoms with E-state index in [0.29, 0.717) is 13.0 Å². The Hall–Kier alpha value is -2.46. The number of benzene rings is 2. The first kappa shape index (κ1) is 13.5. The zero-order valence-electron chi connectivity index (χ0n) is 11.6. The summed E-state index contributed by atoms with van der Waals surface area (Å²) in [5.41, 5.74) is 0.948. The first-order valence-electron chi connectivity index (χ1n) is 6.90. The molecular formula is C17H17N3O. The van der Waals surface area contributed by atoms with E-state index >= 15 is 0 Å². The summed E-state index contributed by atoms with van der Waals surface area (Å²) in [6, 6.07) is 19.7. The smallest absolute Gasteiger partial charge is 0.137 e. The standard InChI is InChI=1S/C17H17N3O/c21-17(12-20-14-18-13-19-20,16-9-5-2-6-10-16)11-15-7-3-1-4-8-15/h1-10,13-14,21H,11-12H2/t17-/m1/s1. The third kappa shape index (κ3) is 3.17. The van der Waals surface area contributed by atoms with Crippen molar-refractivity contribution < 1.29 is 5.11 Å². The number of aromatic nitrogens is 3. The highest BCUT2D eigenvalue weighted by Crippen LogP contribution is 2.27. The minimum atomic E-state index is -1.02. The molecule has 0 aliphatic carbocycles. The van der Waals surface area contributed by atoms with Crippen LogP contribution in [0.15, 0.2) is 73.3 Å². The van der Waals surface area contributed by atoms with E-state index in [1.807, 2.05) is 60.7 Å². The Morgan fingerprint density at radius 1 is 0.952 bits per heavy atom. The Morgan fingerprint density at radius 3 is 2.24 bits per heavy atom. The van der Waals surface area contributed by atoms with Crippen LogP contribution in [-0.2, 0) is 18.6 Å². The Balaban J connectivity index is 1.94. The summed E-state index contributed by atoms with van der Waals surface area (Å²) in [6.45, 7) is 0.367. The van der Waals surface area contributed by atoms with E-state index in [9.17, 15) is 5.11 Å². The summed E-state index contributed by atoms with van der Waals surface area (Å²) in [5, 5.41) is 15.3. The highest BCUT2D eigenvalue weighted by Gasteiger charge is 2.30. The molecule has 2 aromatic carbocycles. The van der Waals surface area contributed by atoms with Gasteiger partial charge in [0.15, 0.2) is 0 Å². The quantitative estimate of drug-likeness (QED) is 0.780.